The third kappa shape index (κ3) is 6.11. The number of carbonyl (C=O) groups is 2. The highest BCUT2D eigenvalue weighted by atomic mass is 16.5. The van der Waals surface area contributed by atoms with Crippen molar-refractivity contribution in [2.45, 2.75) is 44.4 Å². The molecule has 3 aromatic carbocycles. The van der Waals surface area contributed by atoms with Crippen molar-refractivity contribution >= 4 is 11.9 Å². The second-order valence-electron chi connectivity index (χ2n) is 10.4. The third-order valence-corrected chi connectivity index (χ3v) is 7.21. The van der Waals surface area contributed by atoms with Gasteiger partial charge in [-0.1, -0.05) is 72.8 Å². The molecule has 1 aliphatic heterocycles. The number of aromatic nitrogens is 1. The van der Waals surface area contributed by atoms with Crippen LogP contribution in [0.15, 0.2) is 103 Å². The standard InChI is InChI=1S/C32H33N3O4/c1-32(2)35(28(22-39-32)19-23-9-5-3-6-10-23)33-30(36)20-29(31(37)38)26-17-18-34(21-26)27-15-13-25(14-16-27)24-11-7-4-8-12-24/h3-18,21,28-29H,19-20,22H2,1-2H3,(H,33,36)(H,37,38)/t28-,29+/m0/s1. The molecular formula is C32H33N3O4. The van der Waals surface area contributed by atoms with Gasteiger partial charge in [-0.25, -0.2) is 0 Å². The lowest BCUT2D eigenvalue weighted by Gasteiger charge is -2.34. The maximum atomic E-state index is 13.1. The van der Waals surface area contributed by atoms with Crippen molar-refractivity contribution in [1.29, 1.82) is 0 Å². The molecule has 1 aromatic heterocycles. The van der Waals surface area contributed by atoms with E-state index >= 15 is 0 Å². The minimum atomic E-state index is -1.04. The molecule has 1 aliphatic rings. The number of nitrogens with zero attached hydrogens (tertiary/aromatic N) is 2. The highest BCUT2D eigenvalue weighted by Gasteiger charge is 2.42. The van der Waals surface area contributed by atoms with Crippen LogP contribution in [0.3, 0.4) is 0 Å². The molecule has 1 saturated heterocycles. The maximum Gasteiger partial charge on any atom is 0.311 e. The molecule has 39 heavy (non-hydrogen) atoms. The van der Waals surface area contributed by atoms with Crippen LogP contribution >= 0.6 is 0 Å². The normalized spacial score (nSPS) is 17.5. The van der Waals surface area contributed by atoms with Crippen LogP contribution in [-0.4, -0.2) is 44.9 Å². The van der Waals surface area contributed by atoms with E-state index in [4.69, 9.17) is 4.74 Å². The number of rotatable bonds is 9. The van der Waals surface area contributed by atoms with Gasteiger partial charge in [0.15, 0.2) is 0 Å². The number of nitrogens with one attached hydrogen (secondary N) is 1. The number of aliphatic carboxylic acids is 1. The smallest absolute Gasteiger partial charge is 0.311 e. The van der Waals surface area contributed by atoms with Crippen LogP contribution in [0.25, 0.3) is 16.8 Å². The molecule has 7 nitrogen and oxygen atoms in total. The van der Waals surface area contributed by atoms with Gasteiger partial charge in [0.2, 0.25) is 5.91 Å². The Kier molecular flexibility index (Phi) is 7.63. The molecule has 7 heteroatoms. The first-order valence-electron chi connectivity index (χ1n) is 13.1. The number of hydrogen-bond acceptors (Lipinski definition) is 4. The molecule has 2 heterocycles. The maximum absolute atomic E-state index is 13.1. The van der Waals surface area contributed by atoms with Gasteiger partial charge in [0.25, 0.3) is 0 Å². The average Bonchev–Trinajstić information content (AvgIpc) is 3.53. The highest BCUT2D eigenvalue weighted by Crippen LogP contribution is 2.29. The molecule has 0 unspecified atom stereocenters. The van der Waals surface area contributed by atoms with Crippen LogP contribution in [0.1, 0.15) is 37.3 Å². The van der Waals surface area contributed by atoms with Gasteiger partial charge in [0, 0.05) is 24.5 Å². The molecule has 2 N–H and O–H groups in total. The third-order valence-electron chi connectivity index (χ3n) is 7.21. The van der Waals surface area contributed by atoms with E-state index in [1.54, 1.807) is 12.3 Å². The zero-order chi connectivity index (χ0) is 27.4. The summed E-state index contributed by atoms with van der Waals surface area (Å²) in [6, 6.07) is 29.9. The number of carboxylic acids is 1. The number of carbonyl (C=O) groups excluding carboxylic acids is 1. The quantitative estimate of drug-likeness (QED) is 0.306. The predicted octanol–water partition coefficient (Wildman–Crippen LogP) is 5.41. The van der Waals surface area contributed by atoms with Gasteiger partial charge in [0.1, 0.15) is 5.72 Å². The fraction of sp³-hybridized carbons (Fsp3) is 0.250. The Morgan fingerprint density at radius 1 is 0.949 bits per heavy atom. The lowest BCUT2D eigenvalue weighted by molar-refractivity contribution is -0.144. The van der Waals surface area contributed by atoms with E-state index in [0.29, 0.717) is 18.6 Å². The summed E-state index contributed by atoms with van der Waals surface area (Å²) in [6.07, 6.45) is 4.13. The minimum absolute atomic E-state index is 0.0606. The zero-order valence-electron chi connectivity index (χ0n) is 22.2. The first-order valence-corrected chi connectivity index (χ1v) is 13.1. The Hall–Kier alpha value is -4.20. The van der Waals surface area contributed by atoms with Crippen LogP contribution in [-0.2, 0) is 20.7 Å². The lowest BCUT2D eigenvalue weighted by atomic mass is 9.98. The Morgan fingerprint density at radius 2 is 1.59 bits per heavy atom. The number of hydrazine groups is 1. The van der Waals surface area contributed by atoms with Gasteiger partial charge in [0.05, 0.1) is 18.6 Å². The van der Waals surface area contributed by atoms with Gasteiger partial charge in [-0.3, -0.25) is 15.0 Å². The molecule has 0 saturated carbocycles. The molecule has 0 bridgehead atoms. The Bertz CT molecular complexity index is 1410. The van der Waals surface area contributed by atoms with Crippen molar-refractivity contribution in [3.8, 4) is 16.8 Å². The number of carboxylic acid groups (broad SMARTS) is 1. The van der Waals surface area contributed by atoms with Crippen molar-refractivity contribution in [3.63, 3.8) is 0 Å². The summed E-state index contributed by atoms with van der Waals surface area (Å²) in [4.78, 5) is 25.4. The van der Waals surface area contributed by atoms with Gasteiger partial charge in [-0.2, -0.15) is 5.01 Å². The van der Waals surface area contributed by atoms with E-state index in [1.807, 2.05) is 102 Å². The predicted molar refractivity (Wildman–Crippen MR) is 150 cm³/mol. The van der Waals surface area contributed by atoms with E-state index in [0.717, 1.165) is 22.4 Å². The second-order valence-corrected chi connectivity index (χ2v) is 10.4. The number of ether oxygens (including phenoxy) is 1. The SMILES string of the molecule is CC1(C)OC[C@H](Cc2ccccc2)N1NC(=O)C[C@@H](C(=O)O)c1ccn(-c2ccc(-c3ccccc3)cc2)c1. The van der Waals surface area contributed by atoms with Crippen molar-refractivity contribution in [1.82, 2.24) is 15.0 Å². The molecule has 0 radical (unpaired) electrons. The summed E-state index contributed by atoms with van der Waals surface area (Å²) in [5.41, 5.74) is 7.11. The molecule has 4 aromatic rings. The van der Waals surface area contributed by atoms with Crippen LogP contribution < -0.4 is 5.43 Å². The Morgan fingerprint density at radius 3 is 2.26 bits per heavy atom. The molecule has 200 valence electrons. The molecule has 2 atom stereocenters. The van der Waals surface area contributed by atoms with Crippen molar-refractivity contribution < 1.29 is 19.4 Å². The summed E-state index contributed by atoms with van der Waals surface area (Å²) in [5, 5.41) is 11.8. The molecule has 1 amide bonds. The van der Waals surface area contributed by atoms with E-state index in [2.05, 4.69) is 17.6 Å². The summed E-state index contributed by atoms with van der Waals surface area (Å²) >= 11 is 0. The molecular weight excluding hydrogens is 490 g/mol. The lowest BCUT2D eigenvalue weighted by Crippen LogP contribution is -2.55. The van der Waals surface area contributed by atoms with Gasteiger partial charge < -0.3 is 14.4 Å². The Labute approximate surface area is 228 Å². The largest absolute Gasteiger partial charge is 0.481 e. The topological polar surface area (TPSA) is 83.8 Å². The summed E-state index contributed by atoms with van der Waals surface area (Å²) in [7, 11) is 0. The first-order chi connectivity index (χ1) is 18.8. The number of hydrogen-bond donors (Lipinski definition) is 2. The number of amides is 1. The van der Waals surface area contributed by atoms with E-state index in [-0.39, 0.29) is 18.4 Å². The summed E-state index contributed by atoms with van der Waals surface area (Å²) in [6.45, 7) is 4.27. The van der Waals surface area contributed by atoms with Crippen molar-refractivity contribution in [2.75, 3.05) is 6.61 Å². The summed E-state index contributed by atoms with van der Waals surface area (Å²) < 4.78 is 7.84. The molecule has 0 spiro atoms. The van der Waals surface area contributed by atoms with E-state index in [9.17, 15) is 14.7 Å². The molecule has 0 aliphatic carbocycles. The van der Waals surface area contributed by atoms with Crippen LogP contribution in [0.2, 0.25) is 0 Å². The fourth-order valence-corrected chi connectivity index (χ4v) is 5.10. The highest BCUT2D eigenvalue weighted by molar-refractivity contribution is 5.85. The first kappa shape index (κ1) is 26.4. The number of benzene rings is 3. The average molecular weight is 524 g/mol. The van der Waals surface area contributed by atoms with Crippen LogP contribution in [0, 0.1) is 0 Å². The molecule has 5 rings (SSSR count). The van der Waals surface area contributed by atoms with Gasteiger partial charge in [-0.05, 0) is 60.7 Å². The van der Waals surface area contributed by atoms with Gasteiger partial charge >= 0.3 is 5.97 Å². The van der Waals surface area contributed by atoms with Crippen molar-refractivity contribution in [2.24, 2.45) is 0 Å². The van der Waals surface area contributed by atoms with Crippen LogP contribution in [0.4, 0.5) is 0 Å². The zero-order valence-corrected chi connectivity index (χ0v) is 22.2. The molecule has 1 fully saturated rings. The summed E-state index contributed by atoms with van der Waals surface area (Å²) in [5.74, 6) is -2.38. The van der Waals surface area contributed by atoms with Crippen molar-refractivity contribution in [3.05, 3.63) is 115 Å². The Balaban J connectivity index is 1.27. The van der Waals surface area contributed by atoms with E-state index in [1.165, 1.54) is 0 Å². The van der Waals surface area contributed by atoms with E-state index < -0.39 is 17.6 Å². The second kappa shape index (κ2) is 11.3. The minimum Gasteiger partial charge on any atom is -0.481 e. The van der Waals surface area contributed by atoms with Crippen LogP contribution in [0.5, 0.6) is 0 Å². The van der Waals surface area contributed by atoms with Gasteiger partial charge in [-0.15, -0.1) is 0 Å². The fourth-order valence-electron chi connectivity index (χ4n) is 5.10. The monoisotopic (exact) mass is 523 g/mol.